The lowest BCUT2D eigenvalue weighted by Crippen LogP contribution is -2.43. The monoisotopic (exact) mass is 170 g/mol. The molecule has 70 valence electrons. The zero-order chi connectivity index (χ0) is 9.14. The average Bonchev–Trinajstić information content (AvgIpc) is 2.04. The standard InChI is InChI=1S/C9H18N2O/c1-7(2)11-5-4-9(10-12)8(3)6-11/h7-8,12H,4-6H2,1-3H3/b10-9-. The van der Waals surface area contributed by atoms with Gasteiger partial charge < -0.3 is 5.21 Å². The molecule has 0 spiro atoms. The van der Waals surface area contributed by atoms with Crippen LogP contribution in [0.1, 0.15) is 27.2 Å². The second-order valence-corrected chi connectivity index (χ2v) is 3.83. The number of rotatable bonds is 1. The first kappa shape index (κ1) is 9.52. The molecule has 3 heteroatoms. The number of hydrogen-bond donors (Lipinski definition) is 1. The first-order chi connectivity index (χ1) is 5.65. The molecule has 1 unspecified atom stereocenters. The van der Waals surface area contributed by atoms with Gasteiger partial charge in [-0.2, -0.15) is 0 Å². The fourth-order valence-corrected chi connectivity index (χ4v) is 1.67. The van der Waals surface area contributed by atoms with Crippen molar-refractivity contribution in [3.8, 4) is 0 Å². The topological polar surface area (TPSA) is 35.8 Å². The molecule has 0 saturated carbocycles. The fraction of sp³-hybridized carbons (Fsp3) is 0.889. The largest absolute Gasteiger partial charge is 0.411 e. The van der Waals surface area contributed by atoms with Crippen LogP contribution >= 0.6 is 0 Å². The van der Waals surface area contributed by atoms with Gasteiger partial charge in [-0.3, -0.25) is 4.90 Å². The van der Waals surface area contributed by atoms with Crippen molar-refractivity contribution >= 4 is 5.71 Å². The molecule has 1 fully saturated rings. The minimum Gasteiger partial charge on any atom is -0.411 e. The van der Waals surface area contributed by atoms with Gasteiger partial charge >= 0.3 is 0 Å². The van der Waals surface area contributed by atoms with E-state index in [2.05, 4.69) is 30.8 Å². The third kappa shape index (κ3) is 1.97. The first-order valence-electron chi connectivity index (χ1n) is 4.60. The van der Waals surface area contributed by atoms with E-state index in [1.807, 2.05) is 0 Å². The molecular formula is C9H18N2O. The van der Waals surface area contributed by atoms with E-state index in [-0.39, 0.29) is 0 Å². The molecule has 0 aliphatic carbocycles. The maximum atomic E-state index is 8.66. The molecule has 0 amide bonds. The van der Waals surface area contributed by atoms with Crippen molar-refractivity contribution in [2.45, 2.75) is 33.2 Å². The summed E-state index contributed by atoms with van der Waals surface area (Å²) in [5.74, 6) is 0.408. The highest BCUT2D eigenvalue weighted by Gasteiger charge is 2.23. The van der Waals surface area contributed by atoms with Crippen molar-refractivity contribution in [1.82, 2.24) is 4.90 Å². The fourth-order valence-electron chi connectivity index (χ4n) is 1.67. The highest BCUT2D eigenvalue weighted by atomic mass is 16.4. The van der Waals surface area contributed by atoms with E-state index < -0.39 is 0 Å². The van der Waals surface area contributed by atoms with E-state index >= 15 is 0 Å². The number of nitrogens with zero attached hydrogens (tertiary/aromatic N) is 2. The second kappa shape index (κ2) is 3.90. The smallest absolute Gasteiger partial charge is 0.0624 e. The van der Waals surface area contributed by atoms with Crippen LogP contribution in [0.25, 0.3) is 0 Å². The summed E-state index contributed by atoms with van der Waals surface area (Å²) in [6.07, 6.45) is 0.913. The summed E-state index contributed by atoms with van der Waals surface area (Å²) in [7, 11) is 0. The summed E-state index contributed by atoms with van der Waals surface area (Å²) in [4.78, 5) is 2.42. The third-order valence-electron chi connectivity index (χ3n) is 2.59. The third-order valence-corrected chi connectivity index (χ3v) is 2.59. The summed E-state index contributed by atoms with van der Waals surface area (Å²) < 4.78 is 0. The van der Waals surface area contributed by atoms with Gasteiger partial charge in [0.25, 0.3) is 0 Å². The van der Waals surface area contributed by atoms with Gasteiger partial charge in [0.1, 0.15) is 0 Å². The number of oxime groups is 1. The van der Waals surface area contributed by atoms with Crippen molar-refractivity contribution in [3.05, 3.63) is 0 Å². The Hall–Kier alpha value is -0.570. The normalized spacial score (nSPS) is 30.0. The molecule has 12 heavy (non-hydrogen) atoms. The minimum absolute atomic E-state index is 0.408. The zero-order valence-electron chi connectivity index (χ0n) is 8.12. The van der Waals surface area contributed by atoms with Crippen LogP contribution in [0.4, 0.5) is 0 Å². The Morgan fingerprint density at radius 3 is 2.67 bits per heavy atom. The van der Waals surface area contributed by atoms with E-state index in [0.717, 1.165) is 25.2 Å². The predicted octanol–water partition coefficient (Wildman–Crippen LogP) is 1.57. The Morgan fingerprint density at radius 2 is 2.25 bits per heavy atom. The Labute approximate surface area is 74.1 Å². The van der Waals surface area contributed by atoms with E-state index in [9.17, 15) is 0 Å². The highest BCUT2D eigenvalue weighted by molar-refractivity contribution is 5.86. The molecular weight excluding hydrogens is 152 g/mol. The quantitative estimate of drug-likeness (QED) is 0.479. The number of piperidine rings is 1. The van der Waals surface area contributed by atoms with Crippen LogP contribution < -0.4 is 0 Å². The maximum absolute atomic E-state index is 8.66. The van der Waals surface area contributed by atoms with E-state index in [0.29, 0.717) is 12.0 Å². The average molecular weight is 170 g/mol. The highest BCUT2D eigenvalue weighted by Crippen LogP contribution is 2.15. The molecule has 1 saturated heterocycles. The van der Waals surface area contributed by atoms with Crippen LogP contribution in [0.3, 0.4) is 0 Å². The molecule has 0 aromatic rings. The van der Waals surface area contributed by atoms with Crippen molar-refractivity contribution in [2.75, 3.05) is 13.1 Å². The molecule has 3 nitrogen and oxygen atoms in total. The lowest BCUT2D eigenvalue weighted by molar-refractivity contribution is 0.193. The Kier molecular flexibility index (Phi) is 3.09. The minimum atomic E-state index is 0.408. The molecule has 0 aromatic heterocycles. The Morgan fingerprint density at radius 1 is 1.58 bits per heavy atom. The molecule has 0 aromatic carbocycles. The van der Waals surface area contributed by atoms with Gasteiger partial charge in [0.15, 0.2) is 0 Å². The van der Waals surface area contributed by atoms with Gasteiger partial charge in [0.2, 0.25) is 0 Å². The Bertz CT molecular complexity index is 177. The van der Waals surface area contributed by atoms with Crippen LogP contribution in [0.15, 0.2) is 5.16 Å². The van der Waals surface area contributed by atoms with Gasteiger partial charge in [-0.15, -0.1) is 0 Å². The van der Waals surface area contributed by atoms with Gasteiger partial charge in [0.05, 0.1) is 5.71 Å². The SMILES string of the molecule is CC1CN(C(C)C)CC/C1=N/O. The van der Waals surface area contributed by atoms with Crippen LogP contribution in [0.5, 0.6) is 0 Å². The summed E-state index contributed by atoms with van der Waals surface area (Å²) in [5, 5.41) is 12.0. The lowest BCUT2D eigenvalue weighted by Gasteiger charge is -2.34. The van der Waals surface area contributed by atoms with Crippen molar-refractivity contribution in [1.29, 1.82) is 0 Å². The summed E-state index contributed by atoms with van der Waals surface area (Å²) in [6, 6.07) is 0.604. The van der Waals surface area contributed by atoms with Crippen molar-refractivity contribution in [3.63, 3.8) is 0 Å². The number of likely N-dealkylation sites (tertiary alicyclic amines) is 1. The molecule has 1 atom stereocenters. The van der Waals surface area contributed by atoms with Crippen molar-refractivity contribution < 1.29 is 5.21 Å². The van der Waals surface area contributed by atoms with Crippen LogP contribution in [-0.4, -0.2) is 35.0 Å². The van der Waals surface area contributed by atoms with Gasteiger partial charge in [0, 0.05) is 31.5 Å². The molecule has 1 aliphatic heterocycles. The van der Waals surface area contributed by atoms with E-state index in [1.54, 1.807) is 0 Å². The molecule has 1 rings (SSSR count). The molecule has 1 N–H and O–H groups in total. The van der Waals surface area contributed by atoms with E-state index in [1.165, 1.54) is 0 Å². The first-order valence-corrected chi connectivity index (χ1v) is 4.60. The molecule has 1 aliphatic rings. The van der Waals surface area contributed by atoms with Gasteiger partial charge in [-0.25, -0.2) is 0 Å². The molecule has 0 radical (unpaired) electrons. The lowest BCUT2D eigenvalue weighted by atomic mass is 9.97. The summed E-state index contributed by atoms with van der Waals surface area (Å²) in [6.45, 7) is 8.57. The Balaban J connectivity index is 2.52. The molecule has 0 bridgehead atoms. The maximum Gasteiger partial charge on any atom is 0.0624 e. The van der Waals surface area contributed by atoms with E-state index in [4.69, 9.17) is 5.21 Å². The summed E-state index contributed by atoms with van der Waals surface area (Å²) >= 11 is 0. The van der Waals surface area contributed by atoms with Crippen LogP contribution in [-0.2, 0) is 0 Å². The predicted molar refractivity (Wildman–Crippen MR) is 49.7 cm³/mol. The zero-order valence-corrected chi connectivity index (χ0v) is 8.12. The van der Waals surface area contributed by atoms with Gasteiger partial charge in [-0.05, 0) is 13.8 Å². The van der Waals surface area contributed by atoms with Crippen LogP contribution in [0.2, 0.25) is 0 Å². The molecule has 1 heterocycles. The van der Waals surface area contributed by atoms with Crippen molar-refractivity contribution in [2.24, 2.45) is 11.1 Å². The number of hydrogen-bond acceptors (Lipinski definition) is 3. The van der Waals surface area contributed by atoms with Crippen LogP contribution in [0, 0.1) is 5.92 Å². The summed E-state index contributed by atoms with van der Waals surface area (Å²) in [5.41, 5.74) is 0.951. The second-order valence-electron chi connectivity index (χ2n) is 3.83. The van der Waals surface area contributed by atoms with Gasteiger partial charge in [-0.1, -0.05) is 12.1 Å².